The minimum absolute atomic E-state index is 0.800. The molecule has 0 aromatic heterocycles. The summed E-state index contributed by atoms with van der Waals surface area (Å²) < 4.78 is 0. The third-order valence-corrected chi connectivity index (χ3v) is 4.07. The zero-order valence-corrected chi connectivity index (χ0v) is 12.0. The summed E-state index contributed by atoms with van der Waals surface area (Å²) in [5.74, 6) is 0.800. The molecular weight excluding hydrogens is 218 g/mol. The van der Waals surface area contributed by atoms with E-state index in [4.69, 9.17) is 0 Å². The number of fused-ring (bicyclic) bond motifs is 1. The fourth-order valence-electron chi connectivity index (χ4n) is 3.12. The Balaban J connectivity index is 1.97. The first-order valence-corrected chi connectivity index (χ1v) is 7.64. The molecule has 0 aliphatic heterocycles. The maximum absolute atomic E-state index is 3.51. The molecule has 0 radical (unpaired) electrons. The summed E-state index contributed by atoms with van der Waals surface area (Å²) in [5.41, 5.74) is 4.76. The predicted octanol–water partition coefficient (Wildman–Crippen LogP) is 3.74. The number of nitrogens with one attached hydrogen (secondary N) is 1. The van der Waals surface area contributed by atoms with Crippen molar-refractivity contribution in [2.45, 2.75) is 52.4 Å². The molecule has 0 heterocycles. The van der Waals surface area contributed by atoms with Gasteiger partial charge in [0.1, 0.15) is 0 Å². The third kappa shape index (κ3) is 3.58. The van der Waals surface area contributed by atoms with Crippen LogP contribution in [0.4, 0.5) is 0 Å². The Morgan fingerprint density at radius 2 is 2.00 bits per heavy atom. The summed E-state index contributed by atoms with van der Waals surface area (Å²) in [4.78, 5) is 0. The Morgan fingerprint density at radius 1 is 1.17 bits per heavy atom. The third-order valence-electron chi connectivity index (χ3n) is 4.07. The fourth-order valence-corrected chi connectivity index (χ4v) is 3.12. The molecule has 1 aromatic rings. The largest absolute Gasteiger partial charge is 0.317 e. The molecule has 1 aromatic carbocycles. The minimum atomic E-state index is 0.800. The molecule has 0 fully saturated rings. The van der Waals surface area contributed by atoms with Crippen molar-refractivity contribution in [3.8, 4) is 0 Å². The maximum atomic E-state index is 3.51. The van der Waals surface area contributed by atoms with Crippen molar-refractivity contribution in [1.82, 2.24) is 5.32 Å². The Hall–Kier alpha value is -0.820. The van der Waals surface area contributed by atoms with Gasteiger partial charge in [-0.25, -0.2) is 0 Å². The molecule has 0 saturated carbocycles. The maximum Gasteiger partial charge on any atom is -0.00175 e. The van der Waals surface area contributed by atoms with Gasteiger partial charge in [-0.15, -0.1) is 0 Å². The van der Waals surface area contributed by atoms with Crippen LogP contribution in [0.25, 0.3) is 0 Å². The Morgan fingerprint density at radius 3 is 2.78 bits per heavy atom. The molecule has 1 N–H and O–H groups in total. The molecule has 18 heavy (non-hydrogen) atoms. The summed E-state index contributed by atoms with van der Waals surface area (Å²) in [7, 11) is 0. The van der Waals surface area contributed by atoms with E-state index in [0.717, 1.165) is 12.5 Å². The highest BCUT2D eigenvalue weighted by Gasteiger charge is 2.13. The normalized spacial score (nSPS) is 15.7. The molecule has 1 aliphatic carbocycles. The van der Waals surface area contributed by atoms with Gasteiger partial charge >= 0.3 is 0 Å². The van der Waals surface area contributed by atoms with Crippen LogP contribution in [0, 0.1) is 5.92 Å². The van der Waals surface area contributed by atoms with Crippen molar-refractivity contribution < 1.29 is 0 Å². The van der Waals surface area contributed by atoms with Gasteiger partial charge in [-0.05, 0) is 67.8 Å². The smallest absolute Gasteiger partial charge is 0.00175 e. The minimum Gasteiger partial charge on any atom is -0.317 e. The summed E-state index contributed by atoms with van der Waals surface area (Å²) in [6.07, 6.45) is 7.83. The first kappa shape index (κ1) is 13.6. The second-order valence-electron chi connectivity index (χ2n) is 5.62. The van der Waals surface area contributed by atoms with Crippen LogP contribution in [0.15, 0.2) is 18.2 Å². The van der Waals surface area contributed by atoms with E-state index < -0.39 is 0 Å². The number of aryl methyl sites for hydroxylation is 2. The van der Waals surface area contributed by atoms with Crippen LogP contribution in [0.5, 0.6) is 0 Å². The zero-order valence-electron chi connectivity index (χ0n) is 12.0. The molecule has 1 aliphatic rings. The first-order valence-electron chi connectivity index (χ1n) is 7.64. The van der Waals surface area contributed by atoms with Gasteiger partial charge in [-0.2, -0.15) is 0 Å². The monoisotopic (exact) mass is 245 g/mol. The second-order valence-corrected chi connectivity index (χ2v) is 5.62. The summed E-state index contributed by atoms with van der Waals surface area (Å²) in [5, 5.41) is 3.51. The van der Waals surface area contributed by atoms with E-state index in [1.54, 1.807) is 16.7 Å². The Kier molecular flexibility index (Phi) is 5.25. The van der Waals surface area contributed by atoms with Gasteiger partial charge in [-0.1, -0.05) is 38.5 Å². The van der Waals surface area contributed by atoms with E-state index in [9.17, 15) is 0 Å². The molecule has 0 saturated heterocycles. The lowest BCUT2D eigenvalue weighted by atomic mass is 9.93. The number of hydrogen-bond acceptors (Lipinski definition) is 1. The molecule has 1 atom stereocenters. The van der Waals surface area contributed by atoms with Crippen LogP contribution < -0.4 is 5.32 Å². The molecular formula is C17H27N. The van der Waals surface area contributed by atoms with Gasteiger partial charge in [0.25, 0.3) is 0 Å². The number of benzene rings is 1. The van der Waals surface area contributed by atoms with Crippen molar-refractivity contribution in [3.63, 3.8) is 0 Å². The molecule has 100 valence electrons. The van der Waals surface area contributed by atoms with E-state index in [-0.39, 0.29) is 0 Å². The Bertz CT molecular complexity index is 370. The molecule has 1 unspecified atom stereocenters. The molecule has 2 rings (SSSR count). The van der Waals surface area contributed by atoms with Gasteiger partial charge in [0.05, 0.1) is 0 Å². The van der Waals surface area contributed by atoms with Gasteiger partial charge < -0.3 is 5.32 Å². The number of hydrogen-bond donors (Lipinski definition) is 1. The van der Waals surface area contributed by atoms with Crippen LogP contribution in [0.3, 0.4) is 0 Å². The molecule has 1 nitrogen and oxygen atoms in total. The van der Waals surface area contributed by atoms with Crippen LogP contribution in [-0.2, 0) is 19.3 Å². The van der Waals surface area contributed by atoms with E-state index in [1.807, 2.05) is 0 Å². The summed E-state index contributed by atoms with van der Waals surface area (Å²) in [6, 6.07) is 7.20. The van der Waals surface area contributed by atoms with E-state index in [0.29, 0.717) is 0 Å². The van der Waals surface area contributed by atoms with E-state index >= 15 is 0 Å². The lowest BCUT2D eigenvalue weighted by Crippen LogP contribution is -2.24. The van der Waals surface area contributed by atoms with Crippen molar-refractivity contribution in [3.05, 3.63) is 34.9 Å². The van der Waals surface area contributed by atoms with Gasteiger partial charge in [0.2, 0.25) is 0 Å². The predicted molar refractivity (Wildman–Crippen MR) is 79.1 cm³/mol. The highest BCUT2D eigenvalue weighted by Crippen LogP contribution is 2.24. The average molecular weight is 245 g/mol. The van der Waals surface area contributed by atoms with Crippen molar-refractivity contribution in [2.75, 3.05) is 13.1 Å². The van der Waals surface area contributed by atoms with Crippen LogP contribution in [0.1, 0.15) is 49.8 Å². The van der Waals surface area contributed by atoms with Crippen molar-refractivity contribution in [2.24, 2.45) is 5.92 Å². The topological polar surface area (TPSA) is 12.0 Å². The van der Waals surface area contributed by atoms with Gasteiger partial charge in [0, 0.05) is 0 Å². The Labute approximate surface area is 112 Å². The highest BCUT2D eigenvalue weighted by molar-refractivity contribution is 5.35. The first-order chi connectivity index (χ1) is 8.83. The second kappa shape index (κ2) is 6.94. The van der Waals surface area contributed by atoms with Gasteiger partial charge in [-0.3, -0.25) is 0 Å². The fraction of sp³-hybridized carbons (Fsp3) is 0.647. The van der Waals surface area contributed by atoms with E-state index in [1.165, 1.54) is 45.1 Å². The van der Waals surface area contributed by atoms with Crippen LogP contribution in [-0.4, -0.2) is 13.1 Å². The quantitative estimate of drug-likeness (QED) is 0.771. The SMILES string of the molecule is CCCC(CNCC)Cc1ccc2c(c1)CCC2. The van der Waals surface area contributed by atoms with Crippen molar-refractivity contribution in [1.29, 1.82) is 0 Å². The zero-order chi connectivity index (χ0) is 12.8. The van der Waals surface area contributed by atoms with Crippen LogP contribution >= 0.6 is 0 Å². The molecule has 0 spiro atoms. The highest BCUT2D eigenvalue weighted by atomic mass is 14.8. The summed E-state index contributed by atoms with van der Waals surface area (Å²) in [6.45, 7) is 6.74. The number of rotatable bonds is 7. The lowest BCUT2D eigenvalue weighted by molar-refractivity contribution is 0.444. The van der Waals surface area contributed by atoms with Crippen LogP contribution in [0.2, 0.25) is 0 Å². The standard InChI is InChI=1S/C17H27N/c1-3-6-15(13-18-4-2)11-14-9-10-16-7-5-8-17(16)12-14/h9-10,12,15,18H,3-8,11,13H2,1-2H3. The van der Waals surface area contributed by atoms with Crippen molar-refractivity contribution >= 4 is 0 Å². The summed E-state index contributed by atoms with van der Waals surface area (Å²) >= 11 is 0. The molecule has 1 heteroatoms. The van der Waals surface area contributed by atoms with Gasteiger partial charge in [0.15, 0.2) is 0 Å². The van der Waals surface area contributed by atoms with E-state index in [2.05, 4.69) is 37.4 Å². The molecule has 0 bridgehead atoms. The average Bonchev–Trinajstić information content (AvgIpc) is 2.83. The lowest BCUT2D eigenvalue weighted by Gasteiger charge is -2.17. The molecule has 0 amide bonds.